The summed E-state index contributed by atoms with van der Waals surface area (Å²) in [6.07, 6.45) is -1.56. The fourth-order valence-electron chi connectivity index (χ4n) is 4.59. The number of alkyl halides is 3. The molecule has 1 unspecified atom stereocenters. The van der Waals surface area contributed by atoms with Gasteiger partial charge in [-0.3, -0.25) is 4.79 Å². The minimum atomic E-state index is -4.88. The molecule has 0 saturated heterocycles. The molecule has 192 valence electrons. The molecular weight excluding hydrogens is 489 g/mol. The topological polar surface area (TPSA) is 94.8 Å². The van der Waals surface area contributed by atoms with Crippen LogP contribution in [0.1, 0.15) is 12.2 Å². The molecule has 0 saturated carbocycles. The highest BCUT2D eigenvalue weighted by atomic mass is 19.4. The molecule has 0 bridgehead atoms. The van der Waals surface area contributed by atoms with Gasteiger partial charge in [0.2, 0.25) is 11.4 Å². The van der Waals surface area contributed by atoms with Crippen LogP contribution in [-0.4, -0.2) is 48.0 Å². The van der Waals surface area contributed by atoms with E-state index in [0.29, 0.717) is 18.0 Å². The van der Waals surface area contributed by atoms with Crippen LogP contribution in [0, 0.1) is 5.21 Å². The number of hydrogen-bond acceptors (Lipinski definition) is 6. The lowest BCUT2D eigenvalue weighted by Gasteiger charge is -2.37. The molecule has 0 aliphatic carbocycles. The summed E-state index contributed by atoms with van der Waals surface area (Å²) in [5.41, 5.74) is -1.11. The number of nitrogens with zero attached hydrogens (tertiary/aromatic N) is 5. The van der Waals surface area contributed by atoms with E-state index in [2.05, 4.69) is 15.4 Å². The highest BCUT2D eigenvalue weighted by molar-refractivity contribution is 6.19. The fourth-order valence-corrected chi connectivity index (χ4v) is 4.59. The first-order chi connectivity index (χ1) is 17.7. The van der Waals surface area contributed by atoms with Crippen LogP contribution in [0.5, 0.6) is 5.75 Å². The largest absolute Gasteiger partial charge is 0.594 e. The molecule has 3 heterocycles. The lowest BCUT2D eigenvalue weighted by atomic mass is 9.99. The summed E-state index contributed by atoms with van der Waals surface area (Å²) >= 11 is 0. The Hall–Kier alpha value is -4.00. The number of methoxy groups -OCH3 is 1. The Bertz CT molecular complexity index is 1400. The zero-order chi connectivity index (χ0) is 26.4. The minimum absolute atomic E-state index is 0.0230. The van der Waals surface area contributed by atoms with Crippen molar-refractivity contribution >= 4 is 23.0 Å². The summed E-state index contributed by atoms with van der Waals surface area (Å²) in [7, 11) is 3.24. The Balaban J connectivity index is 1.51. The van der Waals surface area contributed by atoms with Crippen LogP contribution in [0.2, 0.25) is 0 Å². The van der Waals surface area contributed by atoms with Crippen molar-refractivity contribution in [3.8, 4) is 11.4 Å². The van der Waals surface area contributed by atoms with E-state index in [0.717, 1.165) is 11.5 Å². The van der Waals surface area contributed by atoms with Crippen LogP contribution in [-0.2, 0) is 11.3 Å². The van der Waals surface area contributed by atoms with E-state index in [9.17, 15) is 23.2 Å². The third kappa shape index (κ3) is 4.18. The second-order valence-electron chi connectivity index (χ2n) is 8.51. The molecule has 3 aromatic rings. The van der Waals surface area contributed by atoms with Gasteiger partial charge in [0.1, 0.15) is 11.6 Å². The Morgan fingerprint density at radius 3 is 2.41 bits per heavy atom. The van der Waals surface area contributed by atoms with Gasteiger partial charge in [-0.25, -0.2) is 4.98 Å². The van der Waals surface area contributed by atoms with Gasteiger partial charge in [0.25, 0.3) is 0 Å². The highest BCUT2D eigenvalue weighted by Crippen LogP contribution is 2.44. The van der Waals surface area contributed by atoms with Gasteiger partial charge in [0.05, 0.1) is 19.2 Å². The van der Waals surface area contributed by atoms with Crippen LogP contribution < -0.4 is 19.7 Å². The van der Waals surface area contributed by atoms with Gasteiger partial charge in [-0.05, 0) is 49.9 Å². The maximum absolute atomic E-state index is 13.9. The number of carbonyl (C=O) groups is 1. The van der Waals surface area contributed by atoms with E-state index in [4.69, 9.17) is 4.74 Å². The number of imidazole rings is 1. The number of benzene rings is 2. The van der Waals surface area contributed by atoms with Crippen molar-refractivity contribution < 1.29 is 22.7 Å². The standard InChI is InChI=1S/C25H23F3N6O3/c1-29-15-21-30-12-14-32(21)16-3-5-17(6-4-16)33-13-11-20-22(24(33)35)34(36,31-23(20)25(26,27)28)18-7-9-19(37-2)10-8-18/h3-10,12,14,29H,11,13,15H2,1-2H3. The first kappa shape index (κ1) is 24.7. The predicted octanol–water partition coefficient (Wildman–Crippen LogP) is 4.03. The van der Waals surface area contributed by atoms with Crippen molar-refractivity contribution in [2.24, 2.45) is 5.10 Å². The molecule has 2 aliphatic rings. The minimum Gasteiger partial charge on any atom is -0.594 e. The maximum Gasteiger partial charge on any atom is 0.439 e. The maximum atomic E-state index is 13.9. The summed E-state index contributed by atoms with van der Waals surface area (Å²) in [6, 6.07) is 12.4. The summed E-state index contributed by atoms with van der Waals surface area (Å²) in [5, 5.41) is 20.5. The smallest absolute Gasteiger partial charge is 0.439 e. The molecular formula is C25H23F3N6O3. The summed E-state index contributed by atoms with van der Waals surface area (Å²) in [5.74, 6) is 0.382. The predicted molar refractivity (Wildman–Crippen MR) is 132 cm³/mol. The van der Waals surface area contributed by atoms with Crippen molar-refractivity contribution in [2.45, 2.75) is 19.1 Å². The van der Waals surface area contributed by atoms with Gasteiger partial charge in [-0.15, -0.1) is 0 Å². The average Bonchev–Trinajstić information content (AvgIpc) is 3.48. The monoisotopic (exact) mass is 512 g/mol. The molecule has 1 amide bonds. The van der Waals surface area contributed by atoms with E-state index < -0.39 is 28.2 Å². The van der Waals surface area contributed by atoms with Crippen molar-refractivity contribution in [2.75, 3.05) is 25.6 Å². The van der Waals surface area contributed by atoms with E-state index in [-0.39, 0.29) is 24.2 Å². The van der Waals surface area contributed by atoms with Crippen LogP contribution in [0.3, 0.4) is 0 Å². The first-order valence-corrected chi connectivity index (χ1v) is 11.4. The molecule has 1 atom stereocenters. The fraction of sp³-hybridized carbons (Fsp3) is 0.240. The Labute approximate surface area is 210 Å². The summed E-state index contributed by atoms with van der Waals surface area (Å²) in [6.45, 7) is 0.525. The van der Waals surface area contributed by atoms with E-state index >= 15 is 0 Å². The number of rotatable bonds is 6. The number of amides is 1. The number of aromatic nitrogens is 2. The molecule has 1 aromatic heterocycles. The zero-order valence-electron chi connectivity index (χ0n) is 20.0. The SMILES string of the molecule is CNCc1nccn1-c1ccc(N2CCC3=C(C2=O)[N+]([O-])(c2ccc(OC)cc2)N=C3C(F)(F)F)cc1. The van der Waals surface area contributed by atoms with Crippen LogP contribution in [0.4, 0.5) is 24.5 Å². The van der Waals surface area contributed by atoms with Gasteiger partial charge in [-0.2, -0.15) is 17.9 Å². The summed E-state index contributed by atoms with van der Waals surface area (Å²) in [4.78, 5) is 19.2. The number of hydrogen-bond donors (Lipinski definition) is 1. The molecule has 2 aromatic carbocycles. The Kier molecular flexibility index (Phi) is 6.10. The van der Waals surface area contributed by atoms with Gasteiger partial charge in [0.15, 0.2) is 5.69 Å². The van der Waals surface area contributed by atoms with Crippen molar-refractivity contribution in [3.63, 3.8) is 0 Å². The van der Waals surface area contributed by atoms with Gasteiger partial charge in [-0.1, -0.05) is 5.10 Å². The third-order valence-corrected chi connectivity index (χ3v) is 6.33. The highest BCUT2D eigenvalue weighted by Gasteiger charge is 2.55. The van der Waals surface area contributed by atoms with Crippen LogP contribution >= 0.6 is 0 Å². The molecule has 5 rings (SSSR count). The third-order valence-electron chi connectivity index (χ3n) is 6.33. The molecule has 1 N–H and O–H groups in total. The van der Waals surface area contributed by atoms with Crippen molar-refractivity contribution in [3.05, 3.63) is 83.2 Å². The number of nitrogens with one attached hydrogen (secondary N) is 1. The number of halogens is 3. The summed E-state index contributed by atoms with van der Waals surface area (Å²) < 4.78 is 46.6. The van der Waals surface area contributed by atoms with E-state index in [1.807, 2.05) is 11.6 Å². The Morgan fingerprint density at radius 2 is 1.78 bits per heavy atom. The normalized spacial score (nSPS) is 19.8. The van der Waals surface area contributed by atoms with Crippen molar-refractivity contribution in [1.29, 1.82) is 0 Å². The molecule has 2 aliphatic heterocycles. The zero-order valence-corrected chi connectivity index (χ0v) is 20.0. The lowest BCUT2D eigenvalue weighted by molar-refractivity contribution is -0.116. The molecule has 0 radical (unpaired) electrons. The first-order valence-electron chi connectivity index (χ1n) is 11.4. The Morgan fingerprint density at radius 1 is 1.11 bits per heavy atom. The number of ether oxygens (including phenoxy) is 1. The van der Waals surface area contributed by atoms with Gasteiger partial charge >= 0.3 is 12.1 Å². The number of hydroxylamine groups is 1. The quantitative estimate of drug-likeness (QED) is 0.398. The van der Waals surface area contributed by atoms with Crippen LogP contribution in [0.25, 0.3) is 5.69 Å². The van der Waals surface area contributed by atoms with E-state index in [1.54, 1.807) is 36.7 Å². The second-order valence-corrected chi connectivity index (χ2v) is 8.51. The lowest BCUT2D eigenvalue weighted by Crippen LogP contribution is -2.47. The number of quaternary nitrogens is 1. The molecule has 12 heteroatoms. The second kappa shape index (κ2) is 9.14. The number of anilines is 1. The molecule has 37 heavy (non-hydrogen) atoms. The van der Waals surface area contributed by atoms with Gasteiger partial charge in [0, 0.05) is 42.4 Å². The van der Waals surface area contributed by atoms with Gasteiger partial charge < -0.3 is 24.7 Å². The number of carbonyl (C=O) groups excluding carboxylic acids is 1. The van der Waals surface area contributed by atoms with Crippen LogP contribution in [0.15, 0.2) is 77.3 Å². The molecule has 0 fully saturated rings. The van der Waals surface area contributed by atoms with Crippen molar-refractivity contribution in [1.82, 2.24) is 19.6 Å². The van der Waals surface area contributed by atoms with E-state index in [1.165, 1.54) is 36.3 Å². The molecule has 0 spiro atoms. The average molecular weight is 512 g/mol. The molecule has 9 nitrogen and oxygen atoms in total.